The van der Waals surface area contributed by atoms with Crippen molar-refractivity contribution in [2.45, 2.75) is 6.04 Å². The van der Waals surface area contributed by atoms with E-state index in [0.29, 0.717) is 33.0 Å². The first-order valence-electron chi connectivity index (χ1n) is 11.6. The van der Waals surface area contributed by atoms with E-state index in [9.17, 15) is 14.7 Å². The molecule has 0 fully saturated rings. The molecule has 1 amide bonds. The van der Waals surface area contributed by atoms with Crippen molar-refractivity contribution in [2.24, 2.45) is 7.05 Å². The summed E-state index contributed by atoms with van der Waals surface area (Å²) < 4.78 is 13.2. The Kier molecular flexibility index (Phi) is 5.31. The van der Waals surface area contributed by atoms with Gasteiger partial charge in [-0.15, -0.1) is 0 Å². The highest BCUT2D eigenvalue weighted by Gasteiger charge is 2.46. The lowest BCUT2D eigenvalue weighted by Crippen LogP contribution is -2.31. The van der Waals surface area contributed by atoms with Crippen LogP contribution in [0.25, 0.3) is 21.9 Å². The van der Waals surface area contributed by atoms with E-state index in [1.54, 1.807) is 48.5 Å². The average molecular weight is 513 g/mol. The van der Waals surface area contributed by atoms with Crippen LogP contribution < -0.4 is 9.64 Å². The summed E-state index contributed by atoms with van der Waals surface area (Å²) in [5.74, 6) is -1.41. The largest absolute Gasteiger partial charge is 0.503 e. The molecule has 1 unspecified atom stereocenters. The molecule has 0 saturated carbocycles. The Hall–Kier alpha value is -4.49. The van der Waals surface area contributed by atoms with E-state index in [2.05, 4.69) is 0 Å². The van der Waals surface area contributed by atoms with Gasteiger partial charge in [-0.1, -0.05) is 41.9 Å². The fourth-order valence-corrected chi connectivity index (χ4v) is 5.16. The first-order valence-corrected chi connectivity index (χ1v) is 11.9. The molecule has 0 aliphatic carbocycles. The molecule has 2 aromatic heterocycles. The zero-order valence-corrected chi connectivity index (χ0v) is 20.7. The van der Waals surface area contributed by atoms with E-state index in [4.69, 9.17) is 20.8 Å². The second-order valence-electron chi connectivity index (χ2n) is 8.85. The molecule has 3 heterocycles. The van der Waals surface area contributed by atoms with Gasteiger partial charge < -0.3 is 18.8 Å². The monoisotopic (exact) mass is 512 g/mol. The molecule has 1 aliphatic heterocycles. The summed E-state index contributed by atoms with van der Waals surface area (Å²) in [6, 6.07) is 20.4. The third-order valence-corrected chi connectivity index (χ3v) is 6.98. The molecular formula is C29H21ClN2O5. The third-order valence-electron chi connectivity index (χ3n) is 6.73. The van der Waals surface area contributed by atoms with Gasteiger partial charge in [-0.2, -0.15) is 0 Å². The zero-order chi connectivity index (χ0) is 25.8. The number of Topliss-reactive ketones (excluding diaryl/α,β-unsaturated/α-hetero) is 1. The van der Waals surface area contributed by atoms with Crippen molar-refractivity contribution in [1.82, 2.24) is 4.57 Å². The number of nitrogens with zero attached hydrogens (tertiary/aromatic N) is 2. The number of rotatable bonds is 5. The Balaban J connectivity index is 1.56. The van der Waals surface area contributed by atoms with Crippen LogP contribution in [0.5, 0.6) is 5.75 Å². The number of carbonyl (C=O) groups excluding carboxylic acids is 2. The quantitative estimate of drug-likeness (QED) is 0.277. The van der Waals surface area contributed by atoms with Crippen LogP contribution in [0.4, 0.5) is 5.69 Å². The van der Waals surface area contributed by atoms with Gasteiger partial charge in [0.05, 0.1) is 18.7 Å². The zero-order valence-electron chi connectivity index (χ0n) is 19.9. The molecule has 3 aromatic carbocycles. The lowest BCUT2D eigenvalue weighted by Gasteiger charge is -2.26. The Morgan fingerprint density at radius 3 is 2.57 bits per heavy atom. The van der Waals surface area contributed by atoms with Crippen molar-refractivity contribution in [3.8, 4) is 5.75 Å². The minimum absolute atomic E-state index is 0.00274. The predicted molar refractivity (Wildman–Crippen MR) is 141 cm³/mol. The highest BCUT2D eigenvalue weighted by molar-refractivity contribution is 6.30. The van der Waals surface area contributed by atoms with Gasteiger partial charge >= 0.3 is 0 Å². The number of methoxy groups -OCH3 is 1. The molecule has 0 saturated heterocycles. The number of halogens is 1. The molecule has 0 bridgehead atoms. The molecule has 0 spiro atoms. The number of furan rings is 1. The summed E-state index contributed by atoms with van der Waals surface area (Å²) >= 11 is 6.10. The number of anilines is 1. The van der Waals surface area contributed by atoms with Crippen LogP contribution in [0.2, 0.25) is 5.02 Å². The average Bonchev–Trinajstić information content (AvgIpc) is 3.57. The number of fused-ring (bicyclic) bond motifs is 2. The molecule has 6 rings (SSSR count). The van der Waals surface area contributed by atoms with E-state index in [-0.39, 0.29) is 11.3 Å². The van der Waals surface area contributed by atoms with Gasteiger partial charge in [0.2, 0.25) is 5.78 Å². The lowest BCUT2D eigenvalue weighted by molar-refractivity contribution is -0.117. The van der Waals surface area contributed by atoms with E-state index >= 15 is 0 Å². The predicted octanol–water partition coefficient (Wildman–Crippen LogP) is 6.37. The summed E-state index contributed by atoms with van der Waals surface area (Å²) in [5, 5.41) is 13.2. The fraction of sp³-hybridized carbons (Fsp3) is 0.103. The lowest BCUT2D eigenvalue weighted by atomic mass is 9.94. The van der Waals surface area contributed by atoms with Crippen LogP contribution in [0.3, 0.4) is 0 Å². The SMILES string of the molecule is COc1cccc2cc(C(=O)C3=C(O)C(=O)N(c4ccc(Cl)cc4)C3c3cn(C)c4ccccc34)oc12. The number of aliphatic hydroxyl groups excluding tert-OH is 1. The van der Waals surface area contributed by atoms with Crippen molar-refractivity contribution in [2.75, 3.05) is 12.0 Å². The Bertz CT molecular complexity index is 1750. The number of aromatic nitrogens is 1. The van der Waals surface area contributed by atoms with Crippen molar-refractivity contribution >= 4 is 50.9 Å². The standard InChI is InChI=1S/C29H21ClN2O5/c1-31-15-20(19-7-3-4-8-21(19)31)25-24(27(34)29(35)32(25)18-12-10-17(30)11-13-18)26(33)23-14-16-6-5-9-22(36-2)28(16)37-23/h3-15,25,34H,1-2H3. The summed E-state index contributed by atoms with van der Waals surface area (Å²) in [5.41, 5.74) is 2.46. The summed E-state index contributed by atoms with van der Waals surface area (Å²) in [6.07, 6.45) is 1.87. The van der Waals surface area contributed by atoms with Gasteiger partial charge in [0.15, 0.2) is 22.9 Å². The molecule has 37 heavy (non-hydrogen) atoms. The van der Waals surface area contributed by atoms with Gasteiger partial charge in [-0.25, -0.2) is 0 Å². The van der Waals surface area contributed by atoms with E-state index in [0.717, 1.165) is 10.9 Å². The van der Waals surface area contributed by atoms with Crippen LogP contribution in [0.15, 0.2) is 94.7 Å². The van der Waals surface area contributed by atoms with E-state index in [1.165, 1.54) is 12.0 Å². The number of benzene rings is 3. The van der Waals surface area contributed by atoms with Gasteiger partial charge in [0.1, 0.15) is 0 Å². The van der Waals surface area contributed by atoms with Crippen molar-refractivity contribution < 1.29 is 23.8 Å². The van der Waals surface area contributed by atoms with Crippen LogP contribution in [-0.2, 0) is 11.8 Å². The maximum atomic E-state index is 14.0. The highest BCUT2D eigenvalue weighted by atomic mass is 35.5. The summed E-state index contributed by atoms with van der Waals surface area (Å²) in [4.78, 5) is 28.9. The number of carbonyl (C=O) groups is 2. The van der Waals surface area contributed by atoms with Crippen LogP contribution in [0.1, 0.15) is 22.2 Å². The number of amides is 1. The maximum absolute atomic E-state index is 14.0. The molecule has 1 aliphatic rings. The second kappa shape index (κ2) is 8.57. The van der Waals surface area contributed by atoms with Crippen molar-refractivity contribution in [1.29, 1.82) is 0 Å². The highest BCUT2D eigenvalue weighted by Crippen LogP contribution is 2.45. The number of aryl methyl sites for hydroxylation is 1. The van der Waals surface area contributed by atoms with Gasteiger partial charge in [-0.05, 0) is 42.5 Å². The van der Waals surface area contributed by atoms with Gasteiger partial charge in [-0.3, -0.25) is 14.5 Å². The smallest absolute Gasteiger partial charge is 0.294 e. The molecular weight excluding hydrogens is 492 g/mol. The molecule has 184 valence electrons. The Morgan fingerprint density at radius 1 is 1.05 bits per heavy atom. The number of ketones is 1. The van der Waals surface area contributed by atoms with E-state index in [1.807, 2.05) is 42.1 Å². The Morgan fingerprint density at radius 2 is 1.81 bits per heavy atom. The minimum atomic E-state index is -0.901. The van der Waals surface area contributed by atoms with Crippen LogP contribution in [0, 0.1) is 0 Å². The third kappa shape index (κ3) is 3.50. The number of hydrogen-bond acceptors (Lipinski definition) is 5. The van der Waals surface area contributed by atoms with Gasteiger partial charge in [0.25, 0.3) is 5.91 Å². The van der Waals surface area contributed by atoms with Crippen LogP contribution in [-0.4, -0.2) is 28.5 Å². The molecule has 1 atom stereocenters. The molecule has 5 aromatic rings. The number of hydrogen-bond donors (Lipinski definition) is 1. The van der Waals surface area contributed by atoms with Gasteiger partial charge in [0, 0.05) is 45.8 Å². The minimum Gasteiger partial charge on any atom is -0.503 e. The molecule has 7 nitrogen and oxygen atoms in total. The topological polar surface area (TPSA) is 84.9 Å². The normalized spacial score (nSPS) is 15.8. The summed E-state index contributed by atoms with van der Waals surface area (Å²) in [7, 11) is 3.41. The summed E-state index contributed by atoms with van der Waals surface area (Å²) in [6.45, 7) is 0. The van der Waals surface area contributed by atoms with Crippen molar-refractivity contribution in [3.05, 3.63) is 107 Å². The molecule has 0 radical (unpaired) electrons. The first kappa shape index (κ1) is 22.9. The molecule has 1 N–H and O–H groups in total. The second-order valence-corrected chi connectivity index (χ2v) is 9.28. The Labute approximate surface area is 216 Å². The number of ether oxygens (including phenoxy) is 1. The van der Waals surface area contributed by atoms with Crippen molar-refractivity contribution in [3.63, 3.8) is 0 Å². The number of para-hydroxylation sites is 2. The first-order chi connectivity index (χ1) is 17.9. The maximum Gasteiger partial charge on any atom is 0.294 e. The fourth-order valence-electron chi connectivity index (χ4n) is 5.03. The number of aliphatic hydroxyl groups is 1. The van der Waals surface area contributed by atoms with Crippen LogP contribution >= 0.6 is 11.6 Å². The van der Waals surface area contributed by atoms with E-state index < -0.39 is 23.5 Å². The molecule has 8 heteroatoms.